The number of hydrogen-bond acceptors (Lipinski definition) is 6. The smallest absolute Gasteiger partial charge is 0.205 e. The summed E-state index contributed by atoms with van der Waals surface area (Å²) in [6.45, 7) is 9.61. The van der Waals surface area contributed by atoms with Crippen LogP contribution in [0, 0.1) is 0 Å². The van der Waals surface area contributed by atoms with Crippen molar-refractivity contribution in [2.45, 2.75) is 33.1 Å². The van der Waals surface area contributed by atoms with Gasteiger partial charge in [-0.1, -0.05) is 19.1 Å². The lowest BCUT2D eigenvalue weighted by molar-refractivity contribution is 0.372. The monoisotopic (exact) mass is 402 g/mol. The molecule has 8 heteroatoms. The second-order valence-electron chi connectivity index (χ2n) is 6.83. The largest absolute Gasteiger partial charge is 0.508 e. The highest BCUT2D eigenvalue weighted by Crippen LogP contribution is 2.19. The number of nitrogens with zero attached hydrogens (tertiary/aromatic N) is 5. The van der Waals surface area contributed by atoms with Gasteiger partial charge < -0.3 is 20.2 Å². The van der Waals surface area contributed by atoms with Crippen molar-refractivity contribution in [3.63, 3.8) is 0 Å². The maximum atomic E-state index is 9.36. The summed E-state index contributed by atoms with van der Waals surface area (Å²) in [7, 11) is 0. The van der Waals surface area contributed by atoms with E-state index in [1.54, 1.807) is 12.1 Å². The third kappa shape index (κ3) is 5.58. The zero-order valence-corrected chi connectivity index (χ0v) is 17.6. The first-order valence-electron chi connectivity index (χ1n) is 10.1. The number of aromatic hydroxyl groups is 1. The molecule has 0 radical (unpaired) electrons. The van der Waals surface area contributed by atoms with Crippen LogP contribution in [-0.4, -0.2) is 64.6 Å². The molecule has 1 aliphatic rings. The molecule has 1 aromatic carbocycles. The summed E-state index contributed by atoms with van der Waals surface area (Å²) < 4.78 is 4.40. The molecule has 0 unspecified atom stereocenters. The van der Waals surface area contributed by atoms with E-state index in [2.05, 4.69) is 38.3 Å². The van der Waals surface area contributed by atoms with Gasteiger partial charge in [0.1, 0.15) is 11.6 Å². The molecule has 1 aliphatic heterocycles. The van der Waals surface area contributed by atoms with Crippen LogP contribution in [0.5, 0.6) is 5.75 Å². The van der Waals surface area contributed by atoms with Crippen LogP contribution in [0.1, 0.15) is 31.7 Å². The van der Waals surface area contributed by atoms with Crippen molar-refractivity contribution in [1.82, 2.24) is 19.6 Å². The first kappa shape index (κ1) is 20.4. The van der Waals surface area contributed by atoms with Crippen LogP contribution in [0.3, 0.4) is 0 Å². The third-order valence-electron chi connectivity index (χ3n) is 4.78. The normalized spacial score (nSPS) is 15.1. The Kier molecular flexibility index (Phi) is 7.47. The lowest BCUT2D eigenvalue weighted by Crippen LogP contribution is -2.52. The summed E-state index contributed by atoms with van der Waals surface area (Å²) in [4.78, 5) is 14.1. The molecule has 152 valence electrons. The Morgan fingerprint density at radius 2 is 1.93 bits per heavy atom. The first-order chi connectivity index (χ1) is 13.7. The van der Waals surface area contributed by atoms with Crippen LogP contribution in [0.25, 0.3) is 0 Å². The summed E-state index contributed by atoms with van der Waals surface area (Å²) in [6.07, 6.45) is 2.84. The Bertz CT molecular complexity index is 752. The second kappa shape index (κ2) is 10.3. The van der Waals surface area contributed by atoms with E-state index >= 15 is 0 Å². The number of phenols is 1. The molecule has 1 fully saturated rings. The van der Waals surface area contributed by atoms with E-state index in [1.165, 1.54) is 17.1 Å². The standard InChI is InChI=1S/C20H30N6OS/c1-3-18-23-20(28-24-18)26-14-12-25(13-15-26)19(21-4-2)22-11-5-6-16-7-9-17(27)10-8-16/h7-10,27H,3-6,11-15H2,1-2H3,(H,21,22). The van der Waals surface area contributed by atoms with Gasteiger partial charge in [-0.2, -0.15) is 4.37 Å². The average Bonchev–Trinajstić information content (AvgIpc) is 3.21. The van der Waals surface area contributed by atoms with Gasteiger partial charge in [0.05, 0.1) is 0 Å². The van der Waals surface area contributed by atoms with Crippen molar-refractivity contribution < 1.29 is 5.11 Å². The highest BCUT2D eigenvalue weighted by atomic mass is 32.1. The van der Waals surface area contributed by atoms with Crippen molar-refractivity contribution in [3.05, 3.63) is 35.7 Å². The molecule has 0 aliphatic carbocycles. The molecule has 2 heterocycles. The molecule has 0 amide bonds. The summed E-state index contributed by atoms with van der Waals surface area (Å²) in [6, 6.07) is 7.43. The molecular weight excluding hydrogens is 372 g/mol. The number of benzene rings is 1. The molecule has 0 atom stereocenters. The number of anilines is 1. The Morgan fingerprint density at radius 1 is 1.18 bits per heavy atom. The summed E-state index contributed by atoms with van der Waals surface area (Å²) in [5.41, 5.74) is 1.23. The van der Waals surface area contributed by atoms with Crippen molar-refractivity contribution in [2.24, 2.45) is 4.99 Å². The maximum Gasteiger partial charge on any atom is 0.205 e. The number of piperazine rings is 1. The van der Waals surface area contributed by atoms with Crippen LogP contribution in [0.2, 0.25) is 0 Å². The summed E-state index contributed by atoms with van der Waals surface area (Å²) in [5.74, 6) is 2.25. The minimum Gasteiger partial charge on any atom is -0.508 e. The summed E-state index contributed by atoms with van der Waals surface area (Å²) >= 11 is 1.50. The molecule has 0 bridgehead atoms. The van der Waals surface area contributed by atoms with E-state index < -0.39 is 0 Å². The fourth-order valence-electron chi connectivity index (χ4n) is 3.18. The van der Waals surface area contributed by atoms with Crippen LogP contribution < -0.4 is 10.2 Å². The third-order valence-corrected chi connectivity index (χ3v) is 5.59. The Balaban J connectivity index is 1.49. The van der Waals surface area contributed by atoms with Crippen LogP contribution in [0.4, 0.5) is 5.13 Å². The molecule has 1 aromatic heterocycles. The number of hydrogen-bond donors (Lipinski definition) is 2. The van der Waals surface area contributed by atoms with E-state index in [0.717, 1.165) is 75.4 Å². The first-order valence-corrected chi connectivity index (χ1v) is 10.9. The molecule has 3 rings (SSSR count). The number of aryl methyl sites for hydroxylation is 2. The van der Waals surface area contributed by atoms with Crippen LogP contribution in [0.15, 0.2) is 29.3 Å². The SMILES string of the molecule is CCNC(=NCCCc1ccc(O)cc1)N1CCN(c2nc(CC)ns2)CC1. The van der Waals surface area contributed by atoms with Gasteiger partial charge in [-0.05, 0) is 37.5 Å². The van der Waals surface area contributed by atoms with Gasteiger partial charge >= 0.3 is 0 Å². The van der Waals surface area contributed by atoms with Gasteiger partial charge in [0.25, 0.3) is 0 Å². The van der Waals surface area contributed by atoms with Gasteiger partial charge in [-0.3, -0.25) is 4.99 Å². The zero-order valence-electron chi connectivity index (χ0n) is 16.8. The molecular formula is C20H30N6OS. The van der Waals surface area contributed by atoms with E-state index in [4.69, 9.17) is 4.99 Å². The van der Waals surface area contributed by atoms with Crippen LogP contribution >= 0.6 is 11.5 Å². The number of guanidine groups is 1. The van der Waals surface area contributed by atoms with Crippen molar-refractivity contribution in [1.29, 1.82) is 0 Å². The van der Waals surface area contributed by atoms with Gasteiger partial charge in [0.2, 0.25) is 5.13 Å². The molecule has 0 spiro atoms. The molecule has 1 saturated heterocycles. The quantitative estimate of drug-likeness (QED) is 0.421. The minimum atomic E-state index is 0.315. The predicted molar refractivity (Wildman–Crippen MR) is 115 cm³/mol. The van der Waals surface area contributed by atoms with E-state index in [0.29, 0.717) is 5.75 Å². The molecule has 0 saturated carbocycles. The number of aliphatic imine (C=N–C) groups is 1. The highest BCUT2D eigenvalue weighted by Gasteiger charge is 2.21. The lowest BCUT2D eigenvalue weighted by Gasteiger charge is -2.36. The Labute approximate surface area is 171 Å². The number of nitrogens with one attached hydrogen (secondary N) is 1. The molecule has 7 nitrogen and oxygen atoms in total. The molecule has 2 aromatic rings. The number of phenolic OH excluding ortho intramolecular Hbond substituents is 1. The average molecular weight is 403 g/mol. The summed E-state index contributed by atoms with van der Waals surface area (Å²) in [5, 5.41) is 13.8. The second-order valence-corrected chi connectivity index (χ2v) is 7.56. The van der Waals surface area contributed by atoms with Gasteiger partial charge in [0.15, 0.2) is 5.96 Å². The lowest BCUT2D eigenvalue weighted by atomic mass is 10.1. The fourth-order valence-corrected chi connectivity index (χ4v) is 3.98. The molecule has 2 N–H and O–H groups in total. The topological polar surface area (TPSA) is 76.9 Å². The Hall–Kier alpha value is -2.35. The van der Waals surface area contributed by atoms with E-state index in [9.17, 15) is 5.11 Å². The van der Waals surface area contributed by atoms with E-state index in [-0.39, 0.29) is 0 Å². The van der Waals surface area contributed by atoms with Gasteiger partial charge in [-0.25, -0.2) is 4.98 Å². The predicted octanol–water partition coefficient (Wildman–Crippen LogP) is 2.53. The van der Waals surface area contributed by atoms with Crippen molar-refractivity contribution >= 4 is 22.6 Å². The Morgan fingerprint density at radius 3 is 2.57 bits per heavy atom. The van der Waals surface area contributed by atoms with E-state index in [1.807, 2.05) is 12.1 Å². The van der Waals surface area contributed by atoms with Crippen molar-refractivity contribution in [3.8, 4) is 5.75 Å². The number of rotatable bonds is 7. The maximum absolute atomic E-state index is 9.36. The zero-order chi connectivity index (χ0) is 19.8. The van der Waals surface area contributed by atoms with Crippen molar-refractivity contribution in [2.75, 3.05) is 44.2 Å². The minimum absolute atomic E-state index is 0.315. The van der Waals surface area contributed by atoms with Gasteiger partial charge in [-0.15, -0.1) is 0 Å². The van der Waals surface area contributed by atoms with Gasteiger partial charge in [0, 0.05) is 57.2 Å². The van der Waals surface area contributed by atoms with Crippen LogP contribution in [-0.2, 0) is 12.8 Å². The highest BCUT2D eigenvalue weighted by molar-refractivity contribution is 7.09. The molecule has 28 heavy (non-hydrogen) atoms. The number of aromatic nitrogens is 2. The fraction of sp³-hybridized carbons (Fsp3) is 0.550.